The van der Waals surface area contributed by atoms with Crippen molar-refractivity contribution in [2.45, 2.75) is 0 Å². The summed E-state index contributed by atoms with van der Waals surface area (Å²) in [7, 11) is 0. The van der Waals surface area contributed by atoms with Crippen molar-refractivity contribution in [1.82, 2.24) is 4.98 Å². The molecule has 7 heteroatoms. The Morgan fingerprint density at radius 3 is 2.68 bits per heavy atom. The summed E-state index contributed by atoms with van der Waals surface area (Å²) in [6, 6.07) is 14.8. The third-order valence-electron chi connectivity index (χ3n) is 3.32. The van der Waals surface area contributed by atoms with E-state index in [0.717, 1.165) is 10.2 Å². The molecule has 0 aliphatic rings. The number of carbonyl (C=O) groups excluding carboxylic acids is 1. The molecule has 0 atom stereocenters. The van der Waals surface area contributed by atoms with Crippen LogP contribution in [0.25, 0.3) is 0 Å². The first-order valence-electron chi connectivity index (χ1n) is 7.27. The van der Waals surface area contributed by atoms with Gasteiger partial charge < -0.3 is 10.6 Å². The zero-order valence-corrected chi connectivity index (χ0v) is 15.1. The largest absolute Gasteiger partial charge is 0.340 e. The van der Waals surface area contributed by atoms with E-state index in [9.17, 15) is 9.18 Å². The lowest BCUT2D eigenvalue weighted by Gasteiger charge is -2.12. The highest BCUT2D eigenvalue weighted by atomic mass is 79.9. The van der Waals surface area contributed by atoms with Gasteiger partial charge in [0.1, 0.15) is 11.6 Å². The minimum Gasteiger partial charge on any atom is -0.340 e. The Kier molecular flexibility index (Phi) is 5.31. The summed E-state index contributed by atoms with van der Waals surface area (Å²) >= 11 is 9.14. The molecule has 0 radical (unpaired) electrons. The molecule has 3 aromatic rings. The number of benzene rings is 2. The van der Waals surface area contributed by atoms with Crippen molar-refractivity contribution in [2.75, 3.05) is 10.6 Å². The van der Waals surface area contributed by atoms with Crippen LogP contribution in [-0.2, 0) is 0 Å². The van der Waals surface area contributed by atoms with Gasteiger partial charge in [0.15, 0.2) is 0 Å². The molecule has 1 aromatic heterocycles. The molecule has 4 nitrogen and oxygen atoms in total. The maximum atomic E-state index is 13.2. The van der Waals surface area contributed by atoms with Crippen LogP contribution in [0.3, 0.4) is 0 Å². The number of aromatic nitrogens is 1. The van der Waals surface area contributed by atoms with Gasteiger partial charge in [-0.1, -0.05) is 33.6 Å². The van der Waals surface area contributed by atoms with E-state index in [1.165, 1.54) is 18.2 Å². The maximum absolute atomic E-state index is 13.2. The second-order valence-corrected chi connectivity index (χ2v) is 6.44. The molecule has 0 unspecified atom stereocenters. The maximum Gasteiger partial charge on any atom is 0.259 e. The Labute approximate surface area is 157 Å². The number of nitrogens with zero attached hydrogens (tertiary/aromatic N) is 1. The second-order valence-electron chi connectivity index (χ2n) is 5.12. The minimum atomic E-state index is -0.543. The Hall–Kier alpha value is -2.44. The molecule has 0 aliphatic carbocycles. The van der Waals surface area contributed by atoms with Crippen LogP contribution in [0.1, 0.15) is 10.4 Å². The van der Waals surface area contributed by atoms with Gasteiger partial charge >= 0.3 is 0 Å². The van der Waals surface area contributed by atoms with Gasteiger partial charge in [0.2, 0.25) is 0 Å². The molecule has 0 spiro atoms. The average molecular weight is 421 g/mol. The lowest BCUT2D eigenvalue weighted by atomic mass is 10.2. The molecule has 25 heavy (non-hydrogen) atoms. The summed E-state index contributed by atoms with van der Waals surface area (Å²) in [6.07, 6.45) is 1.59. The first-order chi connectivity index (χ1) is 12.0. The molecule has 0 saturated heterocycles. The third kappa shape index (κ3) is 4.35. The van der Waals surface area contributed by atoms with Crippen molar-refractivity contribution >= 4 is 50.6 Å². The van der Waals surface area contributed by atoms with Crippen molar-refractivity contribution in [1.29, 1.82) is 0 Å². The number of amides is 1. The van der Waals surface area contributed by atoms with E-state index in [2.05, 4.69) is 31.5 Å². The molecule has 3 rings (SSSR count). The predicted molar refractivity (Wildman–Crippen MR) is 101 cm³/mol. The molecule has 0 aliphatic heterocycles. The normalized spacial score (nSPS) is 10.4. The van der Waals surface area contributed by atoms with Crippen molar-refractivity contribution < 1.29 is 9.18 Å². The Morgan fingerprint density at radius 2 is 1.92 bits per heavy atom. The summed E-state index contributed by atoms with van der Waals surface area (Å²) in [6.45, 7) is 0. The van der Waals surface area contributed by atoms with Crippen LogP contribution >= 0.6 is 27.5 Å². The summed E-state index contributed by atoms with van der Waals surface area (Å²) in [5.74, 6) is -0.516. The monoisotopic (exact) mass is 419 g/mol. The van der Waals surface area contributed by atoms with Crippen LogP contribution in [0.2, 0.25) is 5.02 Å². The van der Waals surface area contributed by atoms with Gasteiger partial charge in [-0.2, -0.15) is 0 Å². The molecule has 0 bridgehead atoms. The number of hydrogen-bond donors (Lipinski definition) is 2. The van der Waals surface area contributed by atoms with E-state index < -0.39 is 5.82 Å². The lowest BCUT2D eigenvalue weighted by Crippen LogP contribution is -2.14. The minimum absolute atomic E-state index is 0.0588. The van der Waals surface area contributed by atoms with Gasteiger partial charge in [0.05, 0.1) is 10.6 Å². The van der Waals surface area contributed by atoms with E-state index in [4.69, 9.17) is 11.6 Å². The molecule has 0 saturated carbocycles. The number of halogens is 3. The van der Waals surface area contributed by atoms with Gasteiger partial charge in [-0.3, -0.25) is 4.79 Å². The standard InChI is InChI=1S/C18H12BrClFN3O/c19-11-3-1-4-12(9-11)23-17-14(5-2-8-22-17)18(25)24-13-6-7-16(21)15(20)10-13/h1-10H,(H,22,23)(H,24,25). The molecule has 2 aromatic carbocycles. The summed E-state index contributed by atoms with van der Waals surface area (Å²) in [5, 5.41) is 5.74. The Morgan fingerprint density at radius 1 is 1.08 bits per heavy atom. The zero-order valence-electron chi connectivity index (χ0n) is 12.8. The first-order valence-corrected chi connectivity index (χ1v) is 8.44. The zero-order chi connectivity index (χ0) is 17.8. The smallest absolute Gasteiger partial charge is 0.259 e. The number of pyridine rings is 1. The van der Waals surface area contributed by atoms with Crippen LogP contribution < -0.4 is 10.6 Å². The first kappa shape index (κ1) is 17.4. The summed E-state index contributed by atoms with van der Waals surface area (Å²) in [4.78, 5) is 16.8. The van der Waals surface area contributed by atoms with Gasteiger partial charge in [0, 0.05) is 22.0 Å². The van der Waals surface area contributed by atoms with Crippen LogP contribution in [0, 0.1) is 5.82 Å². The fraction of sp³-hybridized carbons (Fsp3) is 0. The van der Waals surface area contributed by atoms with E-state index in [0.29, 0.717) is 17.1 Å². The number of anilines is 3. The lowest BCUT2D eigenvalue weighted by molar-refractivity contribution is 0.102. The van der Waals surface area contributed by atoms with E-state index in [1.807, 2.05) is 24.3 Å². The number of hydrogen-bond acceptors (Lipinski definition) is 3. The van der Waals surface area contributed by atoms with Crippen molar-refractivity contribution in [3.63, 3.8) is 0 Å². The molecule has 0 fully saturated rings. The number of carbonyl (C=O) groups is 1. The highest BCUT2D eigenvalue weighted by Gasteiger charge is 2.13. The van der Waals surface area contributed by atoms with Crippen molar-refractivity contribution in [3.8, 4) is 0 Å². The van der Waals surface area contributed by atoms with Crippen LogP contribution in [-0.4, -0.2) is 10.9 Å². The molecule has 1 heterocycles. The summed E-state index contributed by atoms with van der Waals surface area (Å²) in [5.41, 5.74) is 1.53. The van der Waals surface area contributed by atoms with Gasteiger partial charge in [-0.15, -0.1) is 0 Å². The van der Waals surface area contributed by atoms with E-state index >= 15 is 0 Å². The third-order valence-corrected chi connectivity index (χ3v) is 4.10. The molecule has 2 N–H and O–H groups in total. The second kappa shape index (κ2) is 7.63. The fourth-order valence-electron chi connectivity index (χ4n) is 2.16. The van der Waals surface area contributed by atoms with Crippen LogP contribution in [0.5, 0.6) is 0 Å². The van der Waals surface area contributed by atoms with Gasteiger partial charge in [-0.05, 0) is 48.5 Å². The Bertz CT molecular complexity index is 936. The number of nitrogens with one attached hydrogen (secondary N) is 2. The molecule has 1 amide bonds. The topological polar surface area (TPSA) is 54.0 Å². The predicted octanol–water partition coefficient (Wildman–Crippen LogP) is 5.63. The van der Waals surface area contributed by atoms with Gasteiger partial charge in [0.25, 0.3) is 5.91 Å². The highest BCUT2D eigenvalue weighted by Crippen LogP contribution is 2.24. The Balaban J connectivity index is 1.84. The average Bonchev–Trinajstić information content (AvgIpc) is 2.59. The van der Waals surface area contributed by atoms with Crippen molar-refractivity contribution in [3.05, 3.63) is 81.7 Å². The molecule has 126 valence electrons. The van der Waals surface area contributed by atoms with Crippen molar-refractivity contribution in [2.24, 2.45) is 0 Å². The number of rotatable bonds is 4. The summed E-state index contributed by atoms with van der Waals surface area (Å²) < 4.78 is 14.1. The quantitative estimate of drug-likeness (QED) is 0.575. The molecular weight excluding hydrogens is 409 g/mol. The molecular formula is C18H12BrClFN3O. The van der Waals surface area contributed by atoms with E-state index in [-0.39, 0.29) is 10.9 Å². The van der Waals surface area contributed by atoms with E-state index in [1.54, 1.807) is 18.3 Å². The fourth-order valence-corrected chi connectivity index (χ4v) is 2.74. The SMILES string of the molecule is O=C(Nc1ccc(F)c(Cl)c1)c1cccnc1Nc1cccc(Br)c1. The van der Waals surface area contributed by atoms with Crippen LogP contribution in [0.15, 0.2) is 65.3 Å². The van der Waals surface area contributed by atoms with Crippen LogP contribution in [0.4, 0.5) is 21.6 Å². The highest BCUT2D eigenvalue weighted by molar-refractivity contribution is 9.10. The van der Waals surface area contributed by atoms with Gasteiger partial charge in [-0.25, -0.2) is 9.37 Å².